The van der Waals surface area contributed by atoms with Gasteiger partial charge in [-0.15, -0.1) is 0 Å². The van der Waals surface area contributed by atoms with E-state index in [-0.39, 0.29) is 115 Å². The number of fused-ring (bicyclic) bond motifs is 8. The molecule has 3 heterocycles. The summed E-state index contributed by atoms with van der Waals surface area (Å²) in [7, 11) is 0. The predicted molar refractivity (Wildman–Crippen MR) is 348 cm³/mol. The zero-order valence-corrected chi connectivity index (χ0v) is 58.7. The van der Waals surface area contributed by atoms with Crippen molar-refractivity contribution < 1.29 is 67.8 Å². The monoisotopic (exact) mass is 1320 g/mol. The van der Waals surface area contributed by atoms with E-state index in [2.05, 4.69) is 74.0 Å². The Hall–Kier alpha value is -4.01. The van der Waals surface area contributed by atoms with Gasteiger partial charge in [-0.05, 0) is 218 Å². The van der Waals surface area contributed by atoms with E-state index >= 15 is 0 Å². The summed E-state index contributed by atoms with van der Waals surface area (Å²) in [5.41, 5.74) is 10.5. The Balaban J connectivity index is 0.000000151. The fourth-order valence-corrected chi connectivity index (χ4v) is 26.3. The van der Waals surface area contributed by atoms with Gasteiger partial charge >= 0.3 is 23.7 Å². The number of aliphatic hydroxyl groups excluding tert-OH is 3. The van der Waals surface area contributed by atoms with Crippen LogP contribution in [0.3, 0.4) is 0 Å². The lowest BCUT2D eigenvalue weighted by Gasteiger charge is -2.63. The third-order valence-corrected chi connectivity index (χ3v) is 30.8. The highest BCUT2D eigenvalue weighted by Gasteiger charge is 2.87. The molecule has 0 bridgehead atoms. The summed E-state index contributed by atoms with van der Waals surface area (Å²) in [5, 5.41) is 45.9. The van der Waals surface area contributed by atoms with Crippen LogP contribution in [0.25, 0.3) is 0 Å². The van der Waals surface area contributed by atoms with Crippen LogP contribution in [0.1, 0.15) is 206 Å². The van der Waals surface area contributed by atoms with Crippen LogP contribution in [0.5, 0.6) is 5.75 Å². The largest absolute Gasteiger partial charge is 0.446 e. The van der Waals surface area contributed by atoms with Crippen molar-refractivity contribution in [2.75, 3.05) is 13.1 Å². The molecule has 13 aliphatic rings. The third-order valence-electron chi connectivity index (χ3n) is 30.7. The Morgan fingerprint density at radius 1 is 0.624 bits per heavy atom. The number of nitro benzene ring substituents is 1. The molecule has 14 rings (SSSR count). The van der Waals surface area contributed by atoms with Gasteiger partial charge in [-0.1, -0.05) is 96.9 Å². The standard InChI is InChI=1S/C35H56N2O6.C31H51NO5.C7H4ClNO4/c1-19(2)26(43-29(36)39)21-17-20(3)25-27(41-21)28(38)33(7)23-10-9-22-31(4,5)24(42-30(40)37-15-8-16-37)11-12-34(22)18-35(23,34)14-13-32(25,33)6;1-16(2)23(37-26(32)35)18-14-17(3)22-24(36-18)25(34)29(7)20-9-8-19-27(4,5)21(33)10-11-30(19)15-31(20,30)13-12-28(22,29)6;8-7(10)13-6-3-1-5(2-4-6)9(11)12/h19-28,38H,8-18H2,1-7H3,(H2,36,39);16-25,33-34H,8-15H2,1-7H3,(H2,32,35);1-4H/t20-,21-,22+,23+,24+,25+,26-,27+,28+,32-,33-,34-,35+;17-,18-,19+,20+,21+,22+,23-,24+,25+,28-,29-,30-,31+;/m11./s1. The normalized spacial score (nSPS) is 47.5. The minimum absolute atomic E-state index is 0.00950. The summed E-state index contributed by atoms with van der Waals surface area (Å²) < 4.78 is 35.5. The highest BCUT2D eigenvalue weighted by molar-refractivity contribution is 6.61. The van der Waals surface area contributed by atoms with Gasteiger partial charge in [-0.2, -0.15) is 0 Å². The van der Waals surface area contributed by atoms with Crippen molar-refractivity contribution in [1.29, 1.82) is 0 Å². The maximum absolute atomic E-state index is 12.8. The Labute approximate surface area is 556 Å². The second-order valence-corrected chi connectivity index (χ2v) is 35.5. The van der Waals surface area contributed by atoms with Gasteiger partial charge < -0.3 is 60.1 Å². The summed E-state index contributed by atoms with van der Waals surface area (Å²) in [6, 6.07) is 5.02. The average Bonchev–Trinajstić information content (AvgIpc) is 1.47. The maximum Gasteiger partial charge on any atom is 0.410 e. The fraction of sp³-hybridized carbons (Fsp3) is 0.863. The zero-order valence-electron chi connectivity index (χ0n) is 58.0. The van der Waals surface area contributed by atoms with E-state index in [0.29, 0.717) is 52.3 Å². The molecule has 4 spiro atoms. The lowest BCUT2D eigenvalue weighted by atomic mass is 9.41. The summed E-state index contributed by atoms with van der Waals surface area (Å²) in [5.74, 6) is 3.64. The van der Waals surface area contributed by atoms with E-state index in [1.165, 1.54) is 49.9 Å². The van der Waals surface area contributed by atoms with E-state index in [1.807, 2.05) is 32.6 Å². The molecule has 0 aromatic heterocycles. The number of hydrogen-bond acceptors (Lipinski definition) is 15. The number of nitrogens with zero attached hydrogens (tertiary/aromatic N) is 2. The number of amides is 3. The van der Waals surface area contributed by atoms with E-state index < -0.39 is 47.0 Å². The number of ether oxygens (including phenoxy) is 6. The molecule has 7 N–H and O–H groups in total. The molecule has 93 heavy (non-hydrogen) atoms. The minimum Gasteiger partial charge on any atom is -0.446 e. The number of non-ortho nitro benzene ring substituents is 1. The molecule has 520 valence electrons. The molecule has 20 heteroatoms. The average molecular weight is 1320 g/mol. The van der Waals surface area contributed by atoms with Crippen molar-refractivity contribution in [1.82, 2.24) is 4.90 Å². The molecule has 19 nitrogen and oxygen atoms in total. The van der Waals surface area contributed by atoms with Crippen molar-refractivity contribution >= 4 is 41.0 Å². The molecule has 10 saturated carbocycles. The van der Waals surface area contributed by atoms with Gasteiger partial charge in [0.15, 0.2) is 0 Å². The number of carbonyl (C=O) groups excluding carboxylic acids is 4. The Bertz CT molecular complexity index is 3070. The number of halogens is 1. The van der Waals surface area contributed by atoms with E-state index in [1.54, 1.807) is 0 Å². The van der Waals surface area contributed by atoms with E-state index in [4.69, 9.17) is 46.8 Å². The topological polar surface area (TPSA) is 283 Å². The zero-order chi connectivity index (χ0) is 67.7. The molecular formula is C73H111ClN4O15. The molecule has 10 aliphatic carbocycles. The van der Waals surface area contributed by atoms with Crippen LogP contribution in [0, 0.1) is 123 Å². The Kier molecular flexibility index (Phi) is 17.3. The van der Waals surface area contributed by atoms with Gasteiger partial charge in [0.25, 0.3) is 5.69 Å². The quantitative estimate of drug-likeness (QED) is 0.0665. The molecule has 3 amide bonds. The van der Waals surface area contributed by atoms with Crippen LogP contribution >= 0.6 is 11.6 Å². The number of hydrogen-bond donors (Lipinski definition) is 5. The minimum atomic E-state index is -0.978. The van der Waals surface area contributed by atoms with Gasteiger partial charge in [-0.3, -0.25) is 10.1 Å². The van der Waals surface area contributed by atoms with Crippen LogP contribution in [-0.4, -0.2) is 123 Å². The second kappa shape index (κ2) is 23.3. The first-order valence-corrected chi connectivity index (χ1v) is 36.1. The summed E-state index contributed by atoms with van der Waals surface area (Å²) in [6.07, 6.45) is 13.8. The van der Waals surface area contributed by atoms with Crippen molar-refractivity contribution in [3.05, 3.63) is 34.4 Å². The second-order valence-electron chi connectivity index (χ2n) is 35.2. The highest BCUT2D eigenvalue weighted by Crippen LogP contribution is 2.91. The van der Waals surface area contributed by atoms with Crippen molar-refractivity contribution in [3.63, 3.8) is 0 Å². The molecule has 1 aromatic carbocycles. The number of benzene rings is 1. The van der Waals surface area contributed by atoms with Crippen molar-refractivity contribution in [2.45, 2.75) is 267 Å². The lowest BCUT2D eigenvalue weighted by Crippen LogP contribution is -2.60. The maximum atomic E-state index is 12.8. The summed E-state index contributed by atoms with van der Waals surface area (Å²) in [6.45, 7) is 33.5. The van der Waals surface area contributed by atoms with Gasteiger partial charge in [0.05, 0.1) is 47.7 Å². The first-order valence-electron chi connectivity index (χ1n) is 35.8. The molecule has 1 aromatic rings. The molecule has 0 unspecified atom stereocenters. The van der Waals surface area contributed by atoms with Gasteiger partial charge in [0, 0.05) is 53.1 Å². The first kappa shape index (κ1) is 68.9. The first-order chi connectivity index (χ1) is 43.4. The number of rotatable bonds is 9. The number of likely N-dealkylation sites (tertiary alicyclic amines) is 1. The number of carbonyl (C=O) groups is 4. The third kappa shape index (κ3) is 9.93. The highest BCUT2D eigenvalue weighted by atomic mass is 35.5. The Morgan fingerprint density at radius 2 is 1.04 bits per heavy atom. The predicted octanol–water partition coefficient (Wildman–Crippen LogP) is 13.7. The summed E-state index contributed by atoms with van der Waals surface area (Å²) in [4.78, 5) is 58.1. The molecule has 13 fully saturated rings. The van der Waals surface area contributed by atoms with Crippen LogP contribution in [0.15, 0.2) is 24.3 Å². The molecule has 0 radical (unpaired) electrons. The molecule has 26 atom stereocenters. The fourth-order valence-electron chi connectivity index (χ4n) is 26.2. The molecule has 3 aliphatic heterocycles. The SMILES string of the molecule is CC(C)[C@@H](OC(N)=O)[C@H]1C[C@@H](C)[C@H]2[C@H](O1)[C@H](O)[C@@]1(C)[C@@H]3CC[C@H]4C(C)(C)[C@@H](O)CC[C@@]45C[C@@]35CC[C@]21C.CC(C)[C@@H](OC(N)=O)[C@H]1C[C@@H](C)[C@H]2[C@H](O1)[C@H](O)[C@@]1(C)[C@@H]3CC[C@H]4C(C)(C)[C@@H](OC(=O)N5CCC5)CC[C@@]45C[C@@]35CC[C@]21C.O=C(Cl)Oc1ccc([N+](=O)[O-])cc1. The number of aliphatic hydroxyl groups is 3. The number of primary amides is 2. The number of nitro groups is 1. The Morgan fingerprint density at radius 3 is 1.44 bits per heavy atom. The van der Waals surface area contributed by atoms with Crippen molar-refractivity contribution in [2.24, 2.45) is 125 Å². The van der Waals surface area contributed by atoms with Gasteiger partial charge in [0.2, 0.25) is 0 Å². The van der Waals surface area contributed by atoms with Gasteiger partial charge in [0.1, 0.15) is 24.1 Å². The van der Waals surface area contributed by atoms with Crippen LogP contribution in [0.2, 0.25) is 0 Å². The number of nitrogens with two attached hydrogens (primary N) is 2. The summed E-state index contributed by atoms with van der Waals surface area (Å²) >= 11 is 4.92. The molecular weight excluding hydrogens is 1210 g/mol. The molecule has 3 saturated heterocycles. The van der Waals surface area contributed by atoms with Crippen LogP contribution in [-0.2, 0) is 23.7 Å². The van der Waals surface area contributed by atoms with E-state index in [0.717, 1.165) is 96.6 Å². The van der Waals surface area contributed by atoms with Crippen molar-refractivity contribution in [3.8, 4) is 5.75 Å². The van der Waals surface area contributed by atoms with E-state index in [9.17, 15) is 44.6 Å². The lowest BCUT2D eigenvalue weighted by molar-refractivity contribution is -0.384. The van der Waals surface area contributed by atoms with Crippen LogP contribution < -0.4 is 16.2 Å². The van der Waals surface area contributed by atoms with Crippen LogP contribution in [0.4, 0.5) is 24.9 Å². The smallest absolute Gasteiger partial charge is 0.410 e. The van der Waals surface area contributed by atoms with Gasteiger partial charge in [-0.25, -0.2) is 19.2 Å².